The zero-order valence-electron chi connectivity index (χ0n) is 14.8. The van der Waals surface area contributed by atoms with Gasteiger partial charge < -0.3 is 15.4 Å². The van der Waals surface area contributed by atoms with Gasteiger partial charge in [-0.15, -0.1) is 0 Å². The number of anilines is 2. The molecule has 0 aromatic heterocycles. The quantitative estimate of drug-likeness (QED) is 0.684. The molecule has 0 aliphatic heterocycles. The number of nitrogens with one attached hydrogen (secondary N) is 2. The molecule has 0 aliphatic carbocycles. The van der Waals surface area contributed by atoms with Gasteiger partial charge in [0.1, 0.15) is 17.4 Å². The first-order chi connectivity index (χ1) is 13.5. The van der Waals surface area contributed by atoms with Gasteiger partial charge in [-0.25, -0.2) is 8.78 Å². The summed E-state index contributed by atoms with van der Waals surface area (Å²) in [5, 5.41) is 5.03. The second-order valence-corrected chi connectivity index (χ2v) is 5.78. The minimum Gasteiger partial charge on any atom is -0.495 e. The van der Waals surface area contributed by atoms with Gasteiger partial charge in [0.2, 0.25) is 0 Å². The van der Waals surface area contributed by atoms with Gasteiger partial charge in [-0.1, -0.05) is 18.2 Å². The molecule has 0 bridgehead atoms. The summed E-state index contributed by atoms with van der Waals surface area (Å²) in [6.45, 7) is 0. The van der Waals surface area contributed by atoms with Crippen molar-refractivity contribution < 1.29 is 23.1 Å². The fourth-order valence-corrected chi connectivity index (χ4v) is 2.55. The molecule has 0 aliphatic rings. The molecular formula is C21H16F2N2O3. The summed E-state index contributed by atoms with van der Waals surface area (Å²) in [6.07, 6.45) is 0. The number of methoxy groups -OCH3 is 1. The summed E-state index contributed by atoms with van der Waals surface area (Å²) in [4.78, 5) is 24.9. The molecule has 3 aromatic rings. The third kappa shape index (κ3) is 4.15. The highest BCUT2D eigenvalue weighted by Crippen LogP contribution is 2.24. The van der Waals surface area contributed by atoms with Crippen LogP contribution in [0.2, 0.25) is 0 Å². The van der Waals surface area contributed by atoms with E-state index in [1.165, 1.54) is 49.6 Å². The van der Waals surface area contributed by atoms with E-state index >= 15 is 0 Å². The lowest BCUT2D eigenvalue weighted by Gasteiger charge is -2.12. The number of carbonyl (C=O) groups excluding carboxylic acids is 2. The Bertz CT molecular complexity index is 1020. The van der Waals surface area contributed by atoms with Gasteiger partial charge in [-0.05, 0) is 48.5 Å². The minimum atomic E-state index is -0.963. The Morgan fingerprint density at radius 1 is 0.786 bits per heavy atom. The molecule has 0 radical (unpaired) electrons. The van der Waals surface area contributed by atoms with Crippen LogP contribution < -0.4 is 15.4 Å². The zero-order valence-corrected chi connectivity index (χ0v) is 14.8. The van der Waals surface area contributed by atoms with Crippen LogP contribution in [-0.4, -0.2) is 18.9 Å². The molecule has 0 saturated heterocycles. The number of ether oxygens (including phenoxy) is 1. The Morgan fingerprint density at radius 2 is 1.39 bits per heavy atom. The summed E-state index contributed by atoms with van der Waals surface area (Å²) >= 11 is 0. The van der Waals surface area contributed by atoms with E-state index in [-0.39, 0.29) is 11.1 Å². The molecule has 3 rings (SSSR count). The lowest BCUT2D eigenvalue weighted by Crippen LogP contribution is -2.19. The van der Waals surface area contributed by atoms with E-state index in [4.69, 9.17) is 4.74 Å². The van der Waals surface area contributed by atoms with Crippen molar-refractivity contribution in [3.05, 3.63) is 89.5 Å². The topological polar surface area (TPSA) is 67.4 Å². The van der Waals surface area contributed by atoms with E-state index < -0.39 is 23.4 Å². The predicted octanol–water partition coefficient (Wildman–Crippen LogP) is 4.48. The smallest absolute Gasteiger partial charge is 0.258 e. The summed E-state index contributed by atoms with van der Waals surface area (Å²) in [5.41, 5.74) is 0.0694. The van der Waals surface area contributed by atoms with Crippen LogP contribution >= 0.6 is 0 Å². The van der Waals surface area contributed by atoms with E-state index in [1.807, 2.05) is 0 Å². The number of benzene rings is 3. The molecule has 142 valence electrons. The van der Waals surface area contributed by atoms with Gasteiger partial charge in [-0.2, -0.15) is 0 Å². The van der Waals surface area contributed by atoms with Gasteiger partial charge in [0.15, 0.2) is 0 Å². The SMILES string of the molecule is COc1ccccc1NC(=O)c1cccc(C(=O)Nc2ccc(F)cc2)c1F. The fourth-order valence-electron chi connectivity index (χ4n) is 2.55. The number of carbonyl (C=O) groups is 2. The molecule has 2 N–H and O–H groups in total. The zero-order chi connectivity index (χ0) is 20.1. The minimum absolute atomic E-state index is 0.294. The van der Waals surface area contributed by atoms with Crippen molar-refractivity contribution in [2.45, 2.75) is 0 Å². The molecule has 2 amide bonds. The van der Waals surface area contributed by atoms with E-state index in [2.05, 4.69) is 10.6 Å². The highest BCUT2D eigenvalue weighted by atomic mass is 19.1. The second kappa shape index (κ2) is 8.30. The Balaban J connectivity index is 1.82. The molecule has 0 spiro atoms. The average molecular weight is 382 g/mol. The molecule has 5 nitrogen and oxygen atoms in total. The molecular weight excluding hydrogens is 366 g/mol. The monoisotopic (exact) mass is 382 g/mol. The van der Waals surface area contributed by atoms with Crippen LogP contribution in [0.15, 0.2) is 66.7 Å². The van der Waals surface area contributed by atoms with Crippen molar-refractivity contribution in [3.63, 3.8) is 0 Å². The first-order valence-electron chi connectivity index (χ1n) is 8.29. The van der Waals surface area contributed by atoms with Crippen molar-refractivity contribution in [3.8, 4) is 5.75 Å². The number of hydrogen-bond acceptors (Lipinski definition) is 3. The third-order valence-corrected chi connectivity index (χ3v) is 3.95. The number of para-hydroxylation sites is 2. The van der Waals surface area contributed by atoms with Crippen molar-refractivity contribution in [1.29, 1.82) is 0 Å². The Morgan fingerprint density at radius 3 is 2.04 bits per heavy atom. The molecule has 3 aromatic carbocycles. The van der Waals surface area contributed by atoms with Crippen molar-refractivity contribution in [2.75, 3.05) is 17.7 Å². The van der Waals surface area contributed by atoms with Crippen LogP contribution in [0.5, 0.6) is 5.75 Å². The maximum absolute atomic E-state index is 14.8. The summed E-state index contributed by atoms with van der Waals surface area (Å²) < 4.78 is 32.9. The highest BCUT2D eigenvalue weighted by molar-refractivity contribution is 6.09. The number of hydrogen-bond donors (Lipinski definition) is 2. The van der Waals surface area contributed by atoms with Gasteiger partial charge >= 0.3 is 0 Å². The van der Waals surface area contributed by atoms with Crippen LogP contribution in [0, 0.1) is 11.6 Å². The second-order valence-electron chi connectivity index (χ2n) is 5.78. The highest BCUT2D eigenvalue weighted by Gasteiger charge is 2.20. The van der Waals surface area contributed by atoms with Crippen LogP contribution in [0.1, 0.15) is 20.7 Å². The Labute approximate surface area is 160 Å². The van der Waals surface area contributed by atoms with E-state index in [1.54, 1.807) is 24.3 Å². The number of rotatable bonds is 5. The van der Waals surface area contributed by atoms with Crippen LogP contribution in [0.4, 0.5) is 20.2 Å². The van der Waals surface area contributed by atoms with Crippen molar-refractivity contribution in [2.24, 2.45) is 0 Å². The van der Waals surface area contributed by atoms with Crippen LogP contribution in [0.3, 0.4) is 0 Å². The Hall–Kier alpha value is -3.74. The molecule has 28 heavy (non-hydrogen) atoms. The molecule has 0 atom stereocenters. The molecule has 0 saturated carbocycles. The molecule has 0 unspecified atom stereocenters. The van der Waals surface area contributed by atoms with Crippen LogP contribution in [-0.2, 0) is 0 Å². The normalized spacial score (nSPS) is 10.2. The first-order valence-corrected chi connectivity index (χ1v) is 8.29. The largest absolute Gasteiger partial charge is 0.495 e. The average Bonchev–Trinajstić information content (AvgIpc) is 2.70. The molecule has 0 fully saturated rings. The van der Waals surface area contributed by atoms with Crippen molar-refractivity contribution in [1.82, 2.24) is 0 Å². The lowest BCUT2D eigenvalue weighted by molar-refractivity contribution is 0.102. The summed E-state index contributed by atoms with van der Waals surface area (Å²) in [7, 11) is 1.45. The predicted molar refractivity (Wildman–Crippen MR) is 102 cm³/mol. The fraction of sp³-hybridized carbons (Fsp3) is 0.0476. The summed E-state index contributed by atoms with van der Waals surface area (Å²) in [6, 6.07) is 15.7. The third-order valence-electron chi connectivity index (χ3n) is 3.95. The van der Waals surface area contributed by atoms with E-state index in [0.29, 0.717) is 17.1 Å². The van der Waals surface area contributed by atoms with Gasteiger partial charge in [0.05, 0.1) is 23.9 Å². The maximum atomic E-state index is 14.8. The van der Waals surface area contributed by atoms with Gasteiger partial charge in [-0.3, -0.25) is 9.59 Å². The van der Waals surface area contributed by atoms with E-state index in [0.717, 1.165) is 0 Å². The van der Waals surface area contributed by atoms with Crippen molar-refractivity contribution >= 4 is 23.2 Å². The maximum Gasteiger partial charge on any atom is 0.258 e. The molecule has 7 heteroatoms. The number of halogens is 2. The standard InChI is InChI=1S/C21H16F2N2O3/c1-28-18-8-3-2-7-17(18)25-21(27)16-6-4-5-15(19(16)23)20(26)24-14-11-9-13(22)10-12-14/h2-12H,1H3,(H,24,26)(H,25,27). The lowest BCUT2D eigenvalue weighted by atomic mass is 10.1. The van der Waals surface area contributed by atoms with E-state index in [9.17, 15) is 18.4 Å². The van der Waals surface area contributed by atoms with Crippen LogP contribution in [0.25, 0.3) is 0 Å². The first kappa shape index (κ1) is 19.0. The summed E-state index contributed by atoms with van der Waals surface area (Å²) in [5.74, 6) is -2.48. The Kier molecular flexibility index (Phi) is 5.64. The van der Waals surface area contributed by atoms with Gasteiger partial charge in [0, 0.05) is 5.69 Å². The molecule has 0 heterocycles. The van der Waals surface area contributed by atoms with Gasteiger partial charge in [0.25, 0.3) is 11.8 Å². The number of amides is 2.